The molecular formula is C26H24FNO2. The average molecular weight is 401 g/mol. The molecule has 152 valence electrons. The highest BCUT2D eigenvalue weighted by Gasteiger charge is 2.11. The SMILES string of the molecule is OC(CNCc1c(OCc2ccc(F)cc2)ccc2ccccc12)c1ccccc1. The molecule has 4 rings (SSSR count). The Morgan fingerprint density at radius 2 is 1.57 bits per heavy atom. The molecule has 0 spiro atoms. The van der Waals surface area contributed by atoms with E-state index in [-0.39, 0.29) is 5.82 Å². The third-order valence-electron chi connectivity index (χ3n) is 5.13. The molecule has 1 unspecified atom stereocenters. The fourth-order valence-corrected chi connectivity index (χ4v) is 3.50. The maximum Gasteiger partial charge on any atom is 0.124 e. The minimum Gasteiger partial charge on any atom is -0.489 e. The zero-order valence-corrected chi connectivity index (χ0v) is 16.6. The standard InChI is InChI=1S/C26H24FNO2/c27-22-13-10-19(11-14-22)18-30-26-15-12-20-6-4-5-9-23(20)24(26)16-28-17-25(29)21-7-2-1-3-8-21/h1-15,25,28-29H,16-18H2. The molecule has 3 nitrogen and oxygen atoms in total. The summed E-state index contributed by atoms with van der Waals surface area (Å²) >= 11 is 0. The van der Waals surface area contributed by atoms with E-state index < -0.39 is 6.10 Å². The van der Waals surface area contributed by atoms with Crippen LogP contribution in [0.4, 0.5) is 4.39 Å². The first kappa shape index (κ1) is 20.1. The Kier molecular flexibility index (Phi) is 6.38. The van der Waals surface area contributed by atoms with Gasteiger partial charge in [-0.15, -0.1) is 0 Å². The van der Waals surface area contributed by atoms with Crippen molar-refractivity contribution in [1.82, 2.24) is 5.32 Å². The van der Waals surface area contributed by atoms with Crippen molar-refractivity contribution in [1.29, 1.82) is 0 Å². The Morgan fingerprint density at radius 3 is 2.37 bits per heavy atom. The van der Waals surface area contributed by atoms with Crippen LogP contribution in [0.1, 0.15) is 22.8 Å². The van der Waals surface area contributed by atoms with E-state index in [4.69, 9.17) is 4.74 Å². The lowest BCUT2D eigenvalue weighted by atomic mass is 10.0. The first-order valence-corrected chi connectivity index (χ1v) is 10.0. The van der Waals surface area contributed by atoms with Gasteiger partial charge in [-0.3, -0.25) is 0 Å². The van der Waals surface area contributed by atoms with Gasteiger partial charge in [0.2, 0.25) is 0 Å². The number of aliphatic hydroxyl groups is 1. The van der Waals surface area contributed by atoms with Gasteiger partial charge < -0.3 is 15.2 Å². The number of fused-ring (bicyclic) bond motifs is 1. The summed E-state index contributed by atoms with van der Waals surface area (Å²) in [7, 11) is 0. The summed E-state index contributed by atoms with van der Waals surface area (Å²) in [6.45, 7) is 1.35. The topological polar surface area (TPSA) is 41.5 Å². The molecule has 0 radical (unpaired) electrons. The normalized spacial score (nSPS) is 12.1. The molecule has 4 aromatic carbocycles. The predicted molar refractivity (Wildman–Crippen MR) is 118 cm³/mol. The maximum absolute atomic E-state index is 13.1. The Bertz CT molecular complexity index is 1100. The highest BCUT2D eigenvalue weighted by molar-refractivity contribution is 5.87. The molecule has 1 atom stereocenters. The minimum absolute atomic E-state index is 0.258. The van der Waals surface area contributed by atoms with E-state index >= 15 is 0 Å². The monoisotopic (exact) mass is 401 g/mol. The molecule has 4 aromatic rings. The summed E-state index contributed by atoms with van der Waals surface area (Å²) in [6, 6.07) is 28.1. The summed E-state index contributed by atoms with van der Waals surface area (Å²) < 4.78 is 19.2. The van der Waals surface area contributed by atoms with E-state index in [1.165, 1.54) is 12.1 Å². The number of hydrogen-bond donors (Lipinski definition) is 2. The Morgan fingerprint density at radius 1 is 0.833 bits per heavy atom. The highest BCUT2D eigenvalue weighted by atomic mass is 19.1. The minimum atomic E-state index is -0.579. The summed E-state index contributed by atoms with van der Waals surface area (Å²) in [4.78, 5) is 0. The summed E-state index contributed by atoms with van der Waals surface area (Å²) in [5, 5.41) is 16.0. The molecular weight excluding hydrogens is 377 g/mol. The molecule has 0 heterocycles. The number of aliphatic hydroxyl groups excluding tert-OH is 1. The molecule has 0 fully saturated rings. The second kappa shape index (κ2) is 9.53. The summed E-state index contributed by atoms with van der Waals surface area (Å²) in [5.41, 5.74) is 2.83. The van der Waals surface area contributed by atoms with Gasteiger partial charge in [0.15, 0.2) is 0 Å². The molecule has 0 bridgehead atoms. The number of halogens is 1. The number of benzene rings is 4. The van der Waals surface area contributed by atoms with Crippen LogP contribution in [0.25, 0.3) is 10.8 Å². The van der Waals surface area contributed by atoms with E-state index in [2.05, 4.69) is 17.4 Å². The Hall–Kier alpha value is -3.21. The van der Waals surface area contributed by atoms with Crippen LogP contribution >= 0.6 is 0 Å². The molecule has 0 saturated heterocycles. The van der Waals surface area contributed by atoms with Gasteiger partial charge in [-0.05, 0) is 40.1 Å². The van der Waals surface area contributed by atoms with Gasteiger partial charge in [-0.2, -0.15) is 0 Å². The summed E-state index contributed by atoms with van der Waals surface area (Å²) in [5.74, 6) is 0.519. The van der Waals surface area contributed by atoms with Crippen molar-refractivity contribution in [3.63, 3.8) is 0 Å². The van der Waals surface area contributed by atoms with Crippen LogP contribution in [0.2, 0.25) is 0 Å². The van der Waals surface area contributed by atoms with Crippen molar-refractivity contribution in [3.05, 3.63) is 114 Å². The van der Waals surface area contributed by atoms with Gasteiger partial charge in [0.1, 0.15) is 18.2 Å². The molecule has 0 saturated carbocycles. The van der Waals surface area contributed by atoms with Crippen molar-refractivity contribution in [3.8, 4) is 5.75 Å². The van der Waals surface area contributed by atoms with E-state index in [1.807, 2.05) is 54.6 Å². The van der Waals surface area contributed by atoms with Gasteiger partial charge in [0, 0.05) is 18.7 Å². The van der Waals surface area contributed by atoms with Gasteiger partial charge in [0.25, 0.3) is 0 Å². The van der Waals surface area contributed by atoms with E-state index in [0.29, 0.717) is 19.7 Å². The highest BCUT2D eigenvalue weighted by Crippen LogP contribution is 2.29. The van der Waals surface area contributed by atoms with Crippen molar-refractivity contribution < 1.29 is 14.2 Å². The molecule has 0 aromatic heterocycles. The lowest BCUT2D eigenvalue weighted by Crippen LogP contribution is -2.21. The van der Waals surface area contributed by atoms with Crippen molar-refractivity contribution in [2.75, 3.05) is 6.54 Å². The molecule has 0 aliphatic rings. The smallest absolute Gasteiger partial charge is 0.124 e. The van der Waals surface area contributed by atoms with Gasteiger partial charge >= 0.3 is 0 Å². The second-order valence-corrected chi connectivity index (χ2v) is 7.24. The number of hydrogen-bond acceptors (Lipinski definition) is 3. The van der Waals surface area contributed by atoms with E-state index in [1.54, 1.807) is 12.1 Å². The first-order valence-electron chi connectivity index (χ1n) is 10.0. The molecule has 4 heteroatoms. The maximum atomic E-state index is 13.1. The van der Waals surface area contributed by atoms with Crippen LogP contribution in [0.15, 0.2) is 91.0 Å². The van der Waals surface area contributed by atoms with E-state index in [0.717, 1.165) is 33.2 Å². The number of ether oxygens (including phenoxy) is 1. The molecule has 0 aliphatic heterocycles. The quantitative estimate of drug-likeness (QED) is 0.416. The molecule has 2 N–H and O–H groups in total. The van der Waals surface area contributed by atoms with Crippen molar-refractivity contribution in [2.24, 2.45) is 0 Å². The Balaban J connectivity index is 1.50. The van der Waals surface area contributed by atoms with E-state index in [9.17, 15) is 9.50 Å². The largest absolute Gasteiger partial charge is 0.489 e. The van der Waals surface area contributed by atoms with Crippen LogP contribution < -0.4 is 10.1 Å². The number of rotatable bonds is 8. The third-order valence-corrected chi connectivity index (χ3v) is 5.13. The molecule has 30 heavy (non-hydrogen) atoms. The zero-order chi connectivity index (χ0) is 20.8. The average Bonchev–Trinajstić information content (AvgIpc) is 2.80. The Labute approximate surface area is 175 Å². The number of nitrogens with one attached hydrogen (secondary N) is 1. The summed E-state index contributed by atoms with van der Waals surface area (Å²) in [6.07, 6.45) is -0.579. The van der Waals surface area contributed by atoms with Crippen LogP contribution in [-0.2, 0) is 13.2 Å². The van der Waals surface area contributed by atoms with Crippen LogP contribution in [0, 0.1) is 5.82 Å². The van der Waals surface area contributed by atoms with Crippen LogP contribution in [-0.4, -0.2) is 11.7 Å². The van der Waals surface area contributed by atoms with Gasteiger partial charge in [0.05, 0.1) is 6.10 Å². The van der Waals surface area contributed by atoms with Gasteiger partial charge in [-0.25, -0.2) is 4.39 Å². The molecule has 0 aliphatic carbocycles. The van der Waals surface area contributed by atoms with Crippen LogP contribution in [0.3, 0.4) is 0 Å². The van der Waals surface area contributed by atoms with Crippen molar-refractivity contribution >= 4 is 10.8 Å². The lowest BCUT2D eigenvalue weighted by molar-refractivity contribution is 0.174. The van der Waals surface area contributed by atoms with Crippen LogP contribution in [0.5, 0.6) is 5.75 Å². The lowest BCUT2D eigenvalue weighted by Gasteiger charge is -2.17. The zero-order valence-electron chi connectivity index (χ0n) is 16.6. The first-order chi connectivity index (χ1) is 14.7. The second-order valence-electron chi connectivity index (χ2n) is 7.24. The predicted octanol–water partition coefficient (Wildman–Crippen LogP) is 5.38. The fourth-order valence-electron chi connectivity index (χ4n) is 3.50. The van der Waals surface area contributed by atoms with Crippen molar-refractivity contribution in [2.45, 2.75) is 19.3 Å². The van der Waals surface area contributed by atoms with Gasteiger partial charge in [-0.1, -0.05) is 72.8 Å². The fraction of sp³-hybridized carbons (Fsp3) is 0.154. The molecule has 0 amide bonds. The third kappa shape index (κ3) is 4.85.